The molecule has 0 amide bonds. The van der Waals surface area contributed by atoms with Gasteiger partial charge in [0.2, 0.25) is 0 Å². The van der Waals surface area contributed by atoms with Gasteiger partial charge in [-0.15, -0.1) is 0 Å². The minimum Gasteiger partial charge on any atom is -0.372 e. The van der Waals surface area contributed by atoms with E-state index >= 15 is 0 Å². The van der Waals surface area contributed by atoms with Gasteiger partial charge in [-0.05, 0) is 50.7 Å². The maximum Gasteiger partial charge on any atom is 0.0369 e. The number of piperidine rings is 1. The Bertz CT molecular complexity index is 356. The van der Waals surface area contributed by atoms with Crippen LogP contribution in [0.3, 0.4) is 0 Å². The zero-order valence-electron chi connectivity index (χ0n) is 10.9. The molecule has 1 aliphatic heterocycles. The Hall–Kier alpha value is -1.06. The predicted molar refractivity (Wildman–Crippen MR) is 73.3 cm³/mol. The van der Waals surface area contributed by atoms with Gasteiger partial charge in [0.1, 0.15) is 0 Å². The topological polar surface area (TPSA) is 32.5 Å². The van der Waals surface area contributed by atoms with Gasteiger partial charge in [0.05, 0.1) is 0 Å². The maximum absolute atomic E-state index is 5.69. The fourth-order valence-corrected chi connectivity index (χ4v) is 2.50. The average Bonchev–Trinajstić information content (AvgIpc) is 2.39. The SMILES string of the molecule is CN1CCC(N(C)c2cccc(CN)c2)CC1. The van der Waals surface area contributed by atoms with Crippen LogP contribution in [-0.2, 0) is 6.54 Å². The molecule has 3 heteroatoms. The largest absolute Gasteiger partial charge is 0.372 e. The van der Waals surface area contributed by atoms with E-state index < -0.39 is 0 Å². The molecule has 1 aromatic carbocycles. The van der Waals surface area contributed by atoms with Gasteiger partial charge in [-0.1, -0.05) is 12.1 Å². The molecule has 0 atom stereocenters. The Balaban J connectivity index is 2.05. The number of rotatable bonds is 3. The van der Waals surface area contributed by atoms with Gasteiger partial charge in [-0.3, -0.25) is 0 Å². The minimum atomic E-state index is 0.620. The highest BCUT2D eigenvalue weighted by Gasteiger charge is 2.20. The molecule has 1 saturated heterocycles. The summed E-state index contributed by atoms with van der Waals surface area (Å²) in [5.41, 5.74) is 8.19. The highest BCUT2D eigenvalue weighted by atomic mass is 15.2. The molecule has 0 saturated carbocycles. The van der Waals surface area contributed by atoms with Crippen LogP contribution < -0.4 is 10.6 Å². The first-order chi connectivity index (χ1) is 8.20. The Morgan fingerprint density at radius 3 is 2.71 bits per heavy atom. The molecule has 0 aliphatic carbocycles. The zero-order valence-corrected chi connectivity index (χ0v) is 10.9. The van der Waals surface area contributed by atoms with Crippen LogP contribution in [0.1, 0.15) is 18.4 Å². The van der Waals surface area contributed by atoms with Crippen molar-refractivity contribution in [3.63, 3.8) is 0 Å². The van der Waals surface area contributed by atoms with Crippen molar-refractivity contribution in [2.75, 3.05) is 32.1 Å². The van der Waals surface area contributed by atoms with Crippen molar-refractivity contribution in [3.05, 3.63) is 29.8 Å². The van der Waals surface area contributed by atoms with Crippen molar-refractivity contribution < 1.29 is 0 Å². The Morgan fingerprint density at radius 2 is 2.06 bits per heavy atom. The van der Waals surface area contributed by atoms with Crippen LogP contribution in [0.5, 0.6) is 0 Å². The lowest BCUT2D eigenvalue weighted by Gasteiger charge is -2.36. The lowest BCUT2D eigenvalue weighted by Crippen LogP contribution is -2.42. The van der Waals surface area contributed by atoms with Gasteiger partial charge in [0, 0.05) is 25.3 Å². The van der Waals surface area contributed by atoms with Crippen molar-refractivity contribution in [1.29, 1.82) is 0 Å². The molecule has 0 aromatic heterocycles. The molecule has 94 valence electrons. The van der Waals surface area contributed by atoms with E-state index in [0.29, 0.717) is 12.6 Å². The van der Waals surface area contributed by atoms with Crippen molar-refractivity contribution in [2.24, 2.45) is 5.73 Å². The Kier molecular flexibility index (Phi) is 4.02. The van der Waals surface area contributed by atoms with E-state index in [0.717, 1.165) is 0 Å². The Morgan fingerprint density at radius 1 is 1.35 bits per heavy atom. The standard InChI is InChI=1S/C14H23N3/c1-16-8-6-13(7-9-16)17(2)14-5-3-4-12(10-14)11-15/h3-5,10,13H,6-9,11,15H2,1-2H3. The fraction of sp³-hybridized carbons (Fsp3) is 0.571. The molecule has 2 rings (SSSR count). The van der Waals surface area contributed by atoms with Gasteiger partial charge >= 0.3 is 0 Å². The van der Waals surface area contributed by atoms with Crippen molar-refractivity contribution in [3.8, 4) is 0 Å². The van der Waals surface area contributed by atoms with Crippen LogP contribution in [0.4, 0.5) is 5.69 Å². The van der Waals surface area contributed by atoms with E-state index in [2.05, 4.69) is 48.2 Å². The first kappa shape index (κ1) is 12.4. The molecule has 0 bridgehead atoms. The van der Waals surface area contributed by atoms with Crippen LogP contribution in [0.2, 0.25) is 0 Å². The summed E-state index contributed by atoms with van der Waals surface area (Å²) in [5, 5.41) is 0. The molecule has 0 radical (unpaired) electrons. The van der Waals surface area contributed by atoms with Crippen LogP contribution in [0.15, 0.2) is 24.3 Å². The molecular weight excluding hydrogens is 210 g/mol. The van der Waals surface area contributed by atoms with E-state index in [4.69, 9.17) is 5.73 Å². The minimum absolute atomic E-state index is 0.620. The third-order valence-corrected chi connectivity index (χ3v) is 3.79. The number of likely N-dealkylation sites (tertiary alicyclic amines) is 1. The molecule has 0 spiro atoms. The number of anilines is 1. The molecule has 3 nitrogen and oxygen atoms in total. The second-order valence-corrected chi connectivity index (χ2v) is 5.02. The number of nitrogens with zero attached hydrogens (tertiary/aromatic N) is 2. The first-order valence-electron chi connectivity index (χ1n) is 6.41. The van der Waals surface area contributed by atoms with E-state index in [-0.39, 0.29) is 0 Å². The summed E-state index contributed by atoms with van der Waals surface area (Å²) in [6.45, 7) is 3.02. The van der Waals surface area contributed by atoms with E-state index in [1.807, 2.05) is 0 Å². The normalized spacial score (nSPS) is 18.3. The zero-order chi connectivity index (χ0) is 12.3. The quantitative estimate of drug-likeness (QED) is 0.862. The van der Waals surface area contributed by atoms with Gasteiger partial charge in [-0.25, -0.2) is 0 Å². The van der Waals surface area contributed by atoms with E-state index in [1.54, 1.807) is 0 Å². The molecular formula is C14H23N3. The van der Waals surface area contributed by atoms with Crippen LogP contribution in [0, 0.1) is 0 Å². The average molecular weight is 233 g/mol. The van der Waals surface area contributed by atoms with E-state index in [9.17, 15) is 0 Å². The van der Waals surface area contributed by atoms with Gasteiger partial charge < -0.3 is 15.5 Å². The van der Waals surface area contributed by atoms with Crippen molar-refractivity contribution in [2.45, 2.75) is 25.4 Å². The summed E-state index contributed by atoms with van der Waals surface area (Å²) in [5.74, 6) is 0. The molecule has 2 N–H and O–H groups in total. The van der Waals surface area contributed by atoms with Gasteiger partial charge in [-0.2, -0.15) is 0 Å². The number of nitrogens with two attached hydrogens (primary N) is 1. The van der Waals surface area contributed by atoms with Crippen LogP contribution >= 0.6 is 0 Å². The summed E-state index contributed by atoms with van der Waals surface area (Å²) in [4.78, 5) is 4.81. The second kappa shape index (κ2) is 5.52. The Labute approximate surface area is 104 Å². The van der Waals surface area contributed by atoms with E-state index in [1.165, 1.54) is 37.2 Å². The van der Waals surface area contributed by atoms with Gasteiger partial charge in [0.25, 0.3) is 0 Å². The van der Waals surface area contributed by atoms with Crippen molar-refractivity contribution in [1.82, 2.24) is 4.90 Å². The lowest BCUT2D eigenvalue weighted by atomic mass is 10.0. The number of benzene rings is 1. The molecule has 1 aliphatic rings. The molecule has 1 fully saturated rings. The predicted octanol–water partition coefficient (Wildman–Crippen LogP) is 1.68. The highest BCUT2D eigenvalue weighted by Crippen LogP contribution is 2.22. The molecule has 17 heavy (non-hydrogen) atoms. The molecule has 1 heterocycles. The maximum atomic E-state index is 5.69. The van der Waals surface area contributed by atoms with Crippen LogP contribution in [-0.4, -0.2) is 38.1 Å². The second-order valence-electron chi connectivity index (χ2n) is 5.02. The van der Waals surface area contributed by atoms with Crippen LogP contribution in [0.25, 0.3) is 0 Å². The number of hydrogen-bond donors (Lipinski definition) is 1. The smallest absolute Gasteiger partial charge is 0.0369 e. The summed E-state index contributed by atoms with van der Waals surface area (Å²) >= 11 is 0. The molecule has 0 unspecified atom stereocenters. The third kappa shape index (κ3) is 2.99. The summed E-state index contributed by atoms with van der Waals surface area (Å²) in [6.07, 6.45) is 2.50. The summed E-state index contributed by atoms with van der Waals surface area (Å²) in [7, 11) is 4.40. The molecule has 1 aromatic rings. The highest BCUT2D eigenvalue weighted by molar-refractivity contribution is 5.48. The van der Waals surface area contributed by atoms with Crippen molar-refractivity contribution >= 4 is 5.69 Å². The first-order valence-corrected chi connectivity index (χ1v) is 6.41. The summed E-state index contributed by atoms with van der Waals surface area (Å²) < 4.78 is 0. The summed E-state index contributed by atoms with van der Waals surface area (Å²) in [6, 6.07) is 9.24. The van der Waals surface area contributed by atoms with Gasteiger partial charge in [0.15, 0.2) is 0 Å². The lowest BCUT2D eigenvalue weighted by molar-refractivity contribution is 0.253. The fourth-order valence-electron chi connectivity index (χ4n) is 2.50. The third-order valence-electron chi connectivity index (χ3n) is 3.79. The monoisotopic (exact) mass is 233 g/mol. The number of hydrogen-bond acceptors (Lipinski definition) is 3.